The molecule has 0 radical (unpaired) electrons. The maximum atomic E-state index is 3.60. The monoisotopic (exact) mass is 242 g/mol. The second-order valence-electron chi connectivity index (χ2n) is 6.02. The summed E-state index contributed by atoms with van der Waals surface area (Å²) in [5.74, 6) is 0. The van der Waals surface area contributed by atoms with Crippen molar-refractivity contribution in [3.63, 3.8) is 0 Å². The molecule has 0 bridgehead atoms. The van der Waals surface area contributed by atoms with Crippen LogP contribution in [-0.4, -0.2) is 36.6 Å². The zero-order valence-corrected chi connectivity index (χ0v) is 13.1. The van der Waals surface area contributed by atoms with Crippen molar-refractivity contribution in [2.24, 2.45) is 5.41 Å². The number of rotatable bonds is 9. The van der Waals surface area contributed by atoms with Gasteiger partial charge >= 0.3 is 0 Å². The van der Waals surface area contributed by atoms with Gasteiger partial charge in [0, 0.05) is 25.2 Å². The van der Waals surface area contributed by atoms with E-state index in [2.05, 4.69) is 58.7 Å². The SMILES string of the molecule is CCC(C)N(CC)CC(C)(CC)CNC(C)C. The first-order chi connectivity index (χ1) is 7.88. The Morgan fingerprint density at radius 3 is 2.06 bits per heavy atom. The highest BCUT2D eigenvalue weighted by atomic mass is 15.2. The molecule has 0 amide bonds. The van der Waals surface area contributed by atoms with E-state index in [1.54, 1.807) is 0 Å². The Bertz CT molecular complexity index is 191. The molecule has 0 heterocycles. The van der Waals surface area contributed by atoms with Crippen LogP contribution in [0, 0.1) is 5.41 Å². The lowest BCUT2D eigenvalue weighted by Gasteiger charge is -2.38. The topological polar surface area (TPSA) is 15.3 Å². The van der Waals surface area contributed by atoms with Gasteiger partial charge in [-0.25, -0.2) is 0 Å². The molecule has 17 heavy (non-hydrogen) atoms. The molecule has 104 valence electrons. The molecule has 0 fully saturated rings. The van der Waals surface area contributed by atoms with Gasteiger partial charge in [-0.1, -0.05) is 41.5 Å². The highest BCUT2D eigenvalue weighted by molar-refractivity contribution is 4.81. The summed E-state index contributed by atoms with van der Waals surface area (Å²) in [6, 6.07) is 1.28. The smallest absolute Gasteiger partial charge is 0.00644 e. The fraction of sp³-hybridized carbons (Fsp3) is 1.00. The van der Waals surface area contributed by atoms with Crippen LogP contribution in [-0.2, 0) is 0 Å². The summed E-state index contributed by atoms with van der Waals surface area (Å²) < 4.78 is 0. The van der Waals surface area contributed by atoms with Crippen LogP contribution in [0.25, 0.3) is 0 Å². The van der Waals surface area contributed by atoms with Gasteiger partial charge in [0.2, 0.25) is 0 Å². The molecule has 0 rings (SSSR count). The van der Waals surface area contributed by atoms with Gasteiger partial charge in [-0.2, -0.15) is 0 Å². The Labute approximate surface area is 109 Å². The Balaban J connectivity index is 4.42. The van der Waals surface area contributed by atoms with E-state index in [-0.39, 0.29) is 0 Å². The minimum atomic E-state index is 0.393. The van der Waals surface area contributed by atoms with Crippen molar-refractivity contribution >= 4 is 0 Å². The van der Waals surface area contributed by atoms with Crippen LogP contribution in [0.3, 0.4) is 0 Å². The third-order valence-corrected chi connectivity index (χ3v) is 4.00. The van der Waals surface area contributed by atoms with Gasteiger partial charge < -0.3 is 10.2 Å². The average molecular weight is 242 g/mol. The van der Waals surface area contributed by atoms with E-state index in [0.29, 0.717) is 17.5 Å². The summed E-state index contributed by atoms with van der Waals surface area (Å²) >= 11 is 0. The zero-order valence-electron chi connectivity index (χ0n) is 13.1. The predicted octanol–water partition coefficient (Wildman–Crippen LogP) is 3.52. The molecule has 0 saturated carbocycles. The van der Waals surface area contributed by atoms with Crippen LogP contribution in [0.2, 0.25) is 0 Å². The summed E-state index contributed by atoms with van der Waals surface area (Å²) in [5, 5.41) is 3.60. The molecule has 2 nitrogen and oxygen atoms in total. The summed E-state index contributed by atoms with van der Waals surface area (Å²) in [6.45, 7) is 19.6. The highest BCUT2D eigenvalue weighted by Gasteiger charge is 2.26. The highest BCUT2D eigenvalue weighted by Crippen LogP contribution is 2.23. The molecule has 0 aromatic heterocycles. The lowest BCUT2D eigenvalue weighted by atomic mass is 9.86. The Kier molecular flexibility index (Phi) is 8.06. The Morgan fingerprint density at radius 2 is 1.71 bits per heavy atom. The minimum absolute atomic E-state index is 0.393. The quantitative estimate of drug-likeness (QED) is 0.665. The first kappa shape index (κ1) is 16.9. The zero-order chi connectivity index (χ0) is 13.5. The normalized spacial score (nSPS) is 17.5. The van der Waals surface area contributed by atoms with Gasteiger partial charge in [-0.05, 0) is 31.7 Å². The summed E-state index contributed by atoms with van der Waals surface area (Å²) in [5.41, 5.74) is 0.393. The third-order valence-electron chi connectivity index (χ3n) is 4.00. The lowest BCUT2D eigenvalue weighted by Crippen LogP contribution is -2.46. The summed E-state index contributed by atoms with van der Waals surface area (Å²) in [4.78, 5) is 2.62. The van der Waals surface area contributed by atoms with Crippen molar-refractivity contribution in [2.75, 3.05) is 19.6 Å². The molecule has 0 aliphatic carbocycles. The third kappa shape index (κ3) is 6.42. The van der Waals surface area contributed by atoms with Crippen molar-refractivity contribution in [3.05, 3.63) is 0 Å². The van der Waals surface area contributed by atoms with Crippen molar-refractivity contribution < 1.29 is 0 Å². The molecule has 2 heteroatoms. The second-order valence-corrected chi connectivity index (χ2v) is 6.02. The molecule has 0 aromatic rings. The Hall–Kier alpha value is -0.0800. The van der Waals surface area contributed by atoms with Gasteiger partial charge in [0.1, 0.15) is 0 Å². The van der Waals surface area contributed by atoms with Crippen LogP contribution >= 0.6 is 0 Å². The van der Waals surface area contributed by atoms with Crippen LogP contribution in [0.5, 0.6) is 0 Å². The number of nitrogens with zero attached hydrogens (tertiary/aromatic N) is 1. The molecule has 2 atom stereocenters. The van der Waals surface area contributed by atoms with Crippen molar-refractivity contribution in [1.29, 1.82) is 0 Å². The molecule has 0 aliphatic rings. The predicted molar refractivity (Wildman–Crippen MR) is 78.5 cm³/mol. The maximum Gasteiger partial charge on any atom is 0.00644 e. The van der Waals surface area contributed by atoms with Gasteiger partial charge in [0.15, 0.2) is 0 Å². The number of hydrogen-bond acceptors (Lipinski definition) is 2. The van der Waals surface area contributed by atoms with Gasteiger partial charge in [-0.15, -0.1) is 0 Å². The minimum Gasteiger partial charge on any atom is -0.314 e. The van der Waals surface area contributed by atoms with Crippen LogP contribution in [0.1, 0.15) is 61.3 Å². The standard InChI is InChI=1S/C15H34N2/c1-8-14(6)17(10-3)12-15(7,9-2)11-16-13(4)5/h13-14,16H,8-12H2,1-7H3. The first-order valence-electron chi connectivity index (χ1n) is 7.36. The lowest BCUT2D eigenvalue weighted by molar-refractivity contribution is 0.122. The van der Waals surface area contributed by atoms with E-state index in [9.17, 15) is 0 Å². The van der Waals surface area contributed by atoms with E-state index >= 15 is 0 Å². The van der Waals surface area contributed by atoms with Crippen LogP contribution in [0.4, 0.5) is 0 Å². The molecule has 2 unspecified atom stereocenters. The van der Waals surface area contributed by atoms with Crippen LogP contribution < -0.4 is 5.32 Å². The van der Waals surface area contributed by atoms with E-state index < -0.39 is 0 Å². The van der Waals surface area contributed by atoms with E-state index in [0.717, 1.165) is 13.1 Å². The largest absolute Gasteiger partial charge is 0.314 e. The molecule has 0 aliphatic heterocycles. The van der Waals surface area contributed by atoms with Crippen molar-refractivity contribution in [1.82, 2.24) is 10.2 Å². The van der Waals surface area contributed by atoms with E-state index in [1.807, 2.05) is 0 Å². The molecule has 0 spiro atoms. The fourth-order valence-corrected chi connectivity index (χ4v) is 2.07. The Morgan fingerprint density at radius 1 is 1.12 bits per heavy atom. The van der Waals surface area contributed by atoms with Crippen molar-refractivity contribution in [2.45, 2.75) is 73.4 Å². The van der Waals surface area contributed by atoms with Crippen molar-refractivity contribution in [3.8, 4) is 0 Å². The molecule has 1 N–H and O–H groups in total. The van der Waals surface area contributed by atoms with E-state index in [1.165, 1.54) is 19.4 Å². The molecular weight excluding hydrogens is 208 g/mol. The molecule has 0 saturated heterocycles. The first-order valence-corrected chi connectivity index (χ1v) is 7.36. The van der Waals surface area contributed by atoms with E-state index in [4.69, 9.17) is 0 Å². The number of nitrogens with one attached hydrogen (secondary N) is 1. The summed E-state index contributed by atoms with van der Waals surface area (Å²) in [7, 11) is 0. The van der Waals surface area contributed by atoms with Gasteiger partial charge in [0.25, 0.3) is 0 Å². The molecule has 0 aromatic carbocycles. The maximum absolute atomic E-state index is 3.60. The fourth-order valence-electron chi connectivity index (χ4n) is 2.07. The summed E-state index contributed by atoms with van der Waals surface area (Å²) in [6.07, 6.45) is 2.48. The second kappa shape index (κ2) is 8.10. The van der Waals surface area contributed by atoms with Crippen LogP contribution in [0.15, 0.2) is 0 Å². The molecular formula is C15H34N2. The van der Waals surface area contributed by atoms with Gasteiger partial charge in [-0.3, -0.25) is 0 Å². The number of hydrogen-bond donors (Lipinski definition) is 1. The van der Waals surface area contributed by atoms with Gasteiger partial charge in [0.05, 0.1) is 0 Å². The average Bonchev–Trinajstić information content (AvgIpc) is 2.32.